The second kappa shape index (κ2) is 7.56. The van der Waals surface area contributed by atoms with Gasteiger partial charge in [-0.1, -0.05) is 48.0 Å². The van der Waals surface area contributed by atoms with E-state index in [-0.39, 0.29) is 11.2 Å². The highest BCUT2D eigenvalue weighted by Crippen LogP contribution is 2.31. The summed E-state index contributed by atoms with van der Waals surface area (Å²) in [4.78, 5) is 27.2. The van der Waals surface area contributed by atoms with Gasteiger partial charge in [0.25, 0.3) is 5.56 Å². The van der Waals surface area contributed by atoms with Gasteiger partial charge in [-0.2, -0.15) is 0 Å². The van der Waals surface area contributed by atoms with Crippen molar-refractivity contribution in [2.45, 2.75) is 13.5 Å². The van der Waals surface area contributed by atoms with E-state index >= 15 is 0 Å². The summed E-state index contributed by atoms with van der Waals surface area (Å²) in [5, 5.41) is 0.922. The third kappa shape index (κ3) is 3.25. The minimum absolute atomic E-state index is 0.299. The third-order valence-electron chi connectivity index (χ3n) is 5.41. The maximum Gasteiger partial charge on any atom is 0.336 e. The molecule has 0 bridgehead atoms. The SMILES string of the molecule is COc1ccc(-n2c(=O)c3sc4ccccc4c3n(Cc3cccc(C)c3)c2=O)cc1. The second-order valence-electron chi connectivity index (χ2n) is 7.47. The van der Waals surface area contributed by atoms with Gasteiger partial charge in [0, 0.05) is 10.1 Å². The van der Waals surface area contributed by atoms with Gasteiger partial charge in [-0.3, -0.25) is 9.36 Å². The predicted octanol–water partition coefficient (Wildman–Crippen LogP) is 4.73. The first-order chi connectivity index (χ1) is 15.1. The van der Waals surface area contributed by atoms with Crippen LogP contribution in [0.4, 0.5) is 0 Å². The molecule has 3 aromatic carbocycles. The molecule has 2 aromatic heterocycles. The molecule has 0 radical (unpaired) electrons. The predicted molar refractivity (Wildman–Crippen MR) is 126 cm³/mol. The van der Waals surface area contributed by atoms with Crippen LogP contribution in [0.15, 0.2) is 82.4 Å². The molecule has 0 unspecified atom stereocenters. The first-order valence-corrected chi connectivity index (χ1v) is 10.8. The molecule has 0 aliphatic heterocycles. The average molecular weight is 429 g/mol. The molecule has 0 N–H and O–H groups in total. The number of aryl methyl sites for hydroxylation is 1. The summed E-state index contributed by atoms with van der Waals surface area (Å²) in [5.74, 6) is 0.667. The largest absolute Gasteiger partial charge is 0.497 e. The molecule has 5 aromatic rings. The van der Waals surface area contributed by atoms with Crippen molar-refractivity contribution in [2.75, 3.05) is 7.11 Å². The van der Waals surface area contributed by atoms with Crippen molar-refractivity contribution in [3.8, 4) is 11.4 Å². The van der Waals surface area contributed by atoms with Crippen LogP contribution in [-0.2, 0) is 6.54 Å². The fraction of sp³-hybridized carbons (Fsp3) is 0.120. The molecule has 2 heterocycles. The molecule has 0 atom stereocenters. The Morgan fingerprint density at radius 2 is 1.71 bits per heavy atom. The molecule has 0 aliphatic carbocycles. The van der Waals surface area contributed by atoms with E-state index in [1.54, 1.807) is 35.9 Å². The molecule has 0 saturated heterocycles. The highest BCUT2D eigenvalue weighted by Gasteiger charge is 2.19. The van der Waals surface area contributed by atoms with E-state index in [4.69, 9.17) is 4.74 Å². The van der Waals surface area contributed by atoms with E-state index in [2.05, 4.69) is 6.07 Å². The number of aromatic nitrogens is 2. The Labute approximate surface area is 182 Å². The Kier molecular flexibility index (Phi) is 4.71. The zero-order valence-corrected chi connectivity index (χ0v) is 18.0. The molecular formula is C25H20N2O3S. The van der Waals surface area contributed by atoms with Crippen molar-refractivity contribution in [1.82, 2.24) is 9.13 Å². The lowest BCUT2D eigenvalue weighted by Gasteiger charge is -2.13. The van der Waals surface area contributed by atoms with Crippen LogP contribution in [0.3, 0.4) is 0 Å². The molecule has 0 aliphatic rings. The van der Waals surface area contributed by atoms with Crippen molar-refractivity contribution in [3.05, 3.63) is 105 Å². The lowest BCUT2D eigenvalue weighted by atomic mass is 10.1. The molecule has 0 saturated carbocycles. The zero-order chi connectivity index (χ0) is 21.5. The van der Waals surface area contributed by atoms with Crippen LogP contribution in [-0.4, -0.2) is 16.2 Å². The van der Waals surface area contributed by atoms with Gasteiger partial charge in [-0.05, 0) is 42.8 Å². The first-order valence-electron chi connectivity index (χ1n) is 9.94. The quantitative estimate of drug-likeness (QED) is 0.416. The lowest BCUT2D eigenvalue weighted by molar-refractivity contribution is 0.414. The summed E-state index contributed by atoms with van der Waals surface area (Å²) >= 11 is 1.42. The van der Waals surface area contributed by atoms with E-state index in [1.165, 1.54) is 15.9 Å². The van der Waals surface area contributed by atoms with Gasteiger partial charge in [0.1, 0.15) is 10.4 Å². The highest BCUT2D eigenvalue weighted by atomic mass is 32.1. The van der Waals surface area contributed by atoms with Gasteiger partial charge in [-0.15, -0.1) is 11.3 Å². The van der Waals surface area contributed by atoms with Crippen LogP contribution in [0, 0.1) is 6.92 Å². The fourth-order valence-electron chi connectivity index (χ4n) is 3.95. The van der Waals surface area contributed by atoms with E-state index in [1.807, 2.05) is 49.4 Å². The number of methoxy groups -OCH3 is 1. The summed E-state index contributed by atoms with van der Waals surface area (Å²) in [6.45, 7) is 2.41. The van der Waals surface area contributed by atoms with Gasteiger partial charge in [0.05, 0.1) is 24.9 Å². The molecule has 0 fully saturated rings. The normalized spacial score (nSPS) is 11.3. The number of fused-ring (bicyclic) bond motifs is 3. The summed E-state index contributed by atoms with van der Waals surface area (Å²) < 4.78 is 9.75. The molecule has 0 spiro atoms. The molecular weight excluding hydrogens is 408 g/mol. The fourth-order valence-corrected chi connectivity index (χ4v) is 5.08. The maximum absolute atomic E-state index is 13.7. The number of hydrogen-bond acceptors (Lipinski definition) is 4. The van der Waals surface area contributed by atoms with Crippen LogP contribution in [0.25, 0.3) is 26.0 Å². The topological polar surface area (TPSA) is 53.2 Å². The molecule has 6 heteroatoms. The Hall–Kier alpha value is -3.64. The molecule has 5 rings (SSSR count). The van der Waals surface area contributed by atoms with Gasteiger partial charge in [-0.25, -0.2) is 9.36 Å². The number of thiophene rings is 1. The minimum Gasteiger partial charge on any atom is -0.497 e. The van der Waals surface area contributed by atoms with Crippen molar-refractivity contribution < 1.29 is 4.74 Å². The third-order valence-corrected chi connectivity index (χ3v) is 6.56. The summed E-state index contributed by atoms with van der Waals surface area (Å²) in [7, 11) is 1.58. The smallest absolute Gasteiger partial charge is 0.336 e. The first kappa shape index (κ1) is 19.3. The van der Waals surface area contributed by atoms with E-state index in [0.717, 1.165) is 21.2 Å². The van der Waals surface area contributed by atoms with Gasteiger partial charge >= 0.3 is 5.69 Å². The van der Waals surface area contributed by atoms with E-state index < -0.39 is 0 Å². The maximum atomic E-state index is 13.7. The Bertz CT molecular complexity index is 1540. The van der Waals surface area contributed by atoms with Crippen molar-refractivity contribution >= 4 is 31.6 Å². The lowest BCUT2D eigenvalue weighted by Crippen LogP contribution is -2.38. The van der Waals surface area contributed by atoms with E-state index in [9.17, 15) is 9.59 Å². The van der Waals surface area contributed by atoms with Crippen LogP contribution >= 0.6 is 11.3 Å². The zero-order valence-electron chi connectivity index (χ0n) is 17.2. The van der Waals surface area contributed by atoms with Crippen molar-refractivity contribution in [3.63, 3.8) is 0 Å². The van der Waals surface area contributed by atoms with Gasteiger partial charge in [0.15, 0.2) is 0 Å². The molecule has 0 amide bonds. The van der Waals surface area contributed by atoms with Crippen LogP contribution in [0.5, 0.6) is 5.75 Å². The Balaban J connectivity index is 1.85. The van der Waals surface area contributed by atoms with Gasteiger partial charge in [0.2, 0.25) is 0 Å². The van der Waals surface area contributed by atoms with Gasteiger partial charge < -0.3 is 4.74 Å². The number of hydrogen-bond donors (Lipinski definition) is 0. The monoisotopic (exact) mass is 428 g/mol. The Morgan fingerprint density at radius 3 is 2.45 bits per heavy atom. The summed E-state index contributed by atoms with van der Waals surface area (Å²) in [5.41, 5.74) is 2.70. The van der Waals surface area contributed by atoms with Crippen molar-refractivity contribution in [1.29, 1.82) is 0 Å². The standard InChI is InChI=1S/C25H20N2O3S/c1-16-6-5-7-17(14-16)15-26-22-20-8-3-4-9-21(20)31-23(22)24(28)27(25(26)29)18-10-12-19(30-2)13-11-18/h3-14H,15H2,1-2H3. The average Bonchev–Trinajstić information content (AvgIpc) is 3.17. The number of nitrogens with zero attached hydrogens (tertiary/aromatic N) is 2. The minimum atomic E-state index is -0.354. The summed E-state index contributed by atoms with van der Waals surface area (Å²) in [6, 6.07) is 22.9. The number of ether oxygens (including phenoxy) is 1. The summed E-state index contributed by atoms with van der Waals surface area (Å²) in [6.07, 6.45) is 0. The number of rotatable bonds is 4. The van der Waals surface area contributed by atoms with Crippen LogP contribution in [0.2, 0.25) is 0 Å². The molecule has 31 heavy (non-hydrogen) atoms. The Morgan fingerprint density at radius 1 is 0.935 bits per heavy atom. The highest BCUT2D eigenvalue weighted by molar-refractivity contribution is 7.25. The number of benzene rings is 3. The van der Waals surface area contributed by atoms with Crippen LogP contribution in [0.1, 0.15) is 11.1 Å². The van der Waals surface area contributed by atoms with E-state index in [0.29, 0.717) is 28.2 Å². The van der Waals surface area contributed by atoms with Crippen molar-refractivity contribution in [2.24, 2.45) is 0 Å². The molecule has 5 nitrogen and oxygen atoms in total. The van der Waals surface area contributed by atoms with Crippen LogP contribution < -0.4 is 16.0 Å². The molecule has 154 valence electrons. The second-order valence-corrected chi connectivity index (χ2v) is 8.52.